The van der Waals surface area contributed by atoms with Gasteiger partial charge < -0.3 is 9.64 Å². The molecule has 0 spiro atoms. The Balaban J connectivity index is 2.13. The average Bonchev–Trinajstić information content (AvgIpc) is 2.64. The second-order valence-electron chi connectivity index (χ2n) is 6.04. The summed E-state index contributed by atoms with van der Waals surface area (Å²) < 4.78 is 5.98. The van der Waals surface area contributed by atoms with Crippen LogP contribution in [0.5, 0.6) is 5.75 Å². The van der Waals surface area contributed by atoms with Crippen molar-refractivity contribution in [2.75, 3.05) is 18.4 Å². The molecule has 0 aromatic heterocycles. The minimum absolute atomic E-state index is 0.0893. The SMILES string of the molecule is CCN(CC)C(=O)c1ccc(Cc2ccccc2OC(C)CBr)cc1. The number of hydrogen-bond acceptors (Lipinski definition) is 2. The smallest absolute Gasteiger partial charge is 0.253 e. The number of carbonyl (C=O) groups is 1. The predicted molar refractivity (Wildman–Crippen MR) is 107 cm³/mol. The summed E-state index contributed by atoms with van der Waals surface area (Å²) in [6, 6.07) is 16.0. The zero-order valence-electron chi connectivity index (χ0n) is 15.2. The molecule has 0 heterocycles. The Morgan fingerprint density at radius 2 is 1.72 bits per heavy atom. The first-order valence-corrected chi connectivity index (χ1v) is 9.89. The zero-order valence-corrected chi connectivity index (χ0v) is 16.8. The predicted octanol–water partition coefficient (Wildman–Crippen LogP) is 4.92. The van der Waals surface area contributed by atoms with Crippen LogP contribution in [0.1, 0.15) is 42.3 Å². The molecule has 1 atom stereocenters. The van der Waals surface area contributed by atoms with E-state index in [0.29, 0.717) is 0 Å². The third-order valence-corrected chi connectivity index (χ3v) is 5.08. The number of benzene rings is 2. The Kier molecular flexibility index (Phi) is 7.51. The molecule has 2 aromatic rings. The van der Waals surface area contributed by atoms with Crippen molar-refractivity contribution in [2.45, 2.75) is 33.3 Å². The highest BCUT2D eigenvalue weighted by Gasteiger charge is 2.12. The highest BCUT2D eigenvalue weighted by molar-refractivity contribution is 9.09. The van der Waals surface area contributed by atoms with E-state index in [2.05, 4.69) is 22.0 Å². The number of para-hydroxylation sites is 1. The van der Waals surface area contributed by atoms with Crippen molar-refractivity contribution in [2.24, 2.45) is 0 Å². The lowest BCUT2D eigenvalue weighted by molar-refractivity contribution is 0.0773. The molecule has 0 saturated heterocycles. The van der Waals surface area contributed by atoms with Crippen LogP contribution in [0.15, 0.2) is 48.5 Å². The number of alkyl halides is 1. The number of amides is 1. The third-order valence-electron chi connectivity index (χ3n) is 4.16. The molecule has 1 unspecified atom stereocenters. The van der Waals surface area contributed by atoms with Gasteiger partial charge >= 0.3 is 0 Å². The number of carbonyl (C=O) groups excluding carboxylic acids is 1. The molecule has 134 valence electrons. The minimum atomic E-state index is 0.0893. The highest BCUT2D eigenvalue weighted by atomic mass is 79.9. The van der Waals surface area contributed by atoms with Crippen molar-refractivity contribution in [3.8, 4) is 5.75 Å². The molecular weight excluding hydrogens is 378 g/mol. The van der Waals surface area contributed by atoms with Gasteiger partial charge in [0.25, 0.3) is 5.91 Å². The van der Waals surface area contributed by atoms with Gasteiger partial charge in [0, 0.05) is 30.4 Å². The number of rotatable bonds is 8. The first kappa shape index (κ1) is 19.5. The summed E-state index contributed by atoms with van der Waals surface area (Å²) >= 11 is 3.45. The van der Waals surface area contributed by atoms with Gasteiger partial charge in [-0.05, 0) is 50.1 Å². The van der Waals surface area contributed by atoms with Crippen LogP contribution in [0.2, 0.25) is 0 Å². The molecule has 4 heteroatoms. The molecule has 25 heavy (non-hydrogen) atoms. The standard InChI is InChI=1S/C21H26BrNO2/c1-4-23(5-2)21(24)18-12-10-17(11-13-18)14-19-8-6-7-9-20(19)25-16(3)15-22/h6-13,16H,4-5,14-15H2,1-3H3. The monoisotopic (exact) mass is 403 g/mol. The van der Waals surface area contributed by atoms with E-state index >= 15 is 0 Å². The zero-order chi connectivity index (χ0) is 18.2. The van der Waals surface area contributed by atoms with Gasteiger partial charge in [0.2, 0.25) is 0 Å². The van der Waals surface area contributed by atoms with Crippen molar-refractivity contribution in [3.05, 3.63) is 65.2 Å². The molecule has 0 aliphatic carbocycles. The first-order valence-electron chi connectivity index (χ1n) is 8.77. The third kappa shape index (κ3) is 5.33. The van der Waals surface area contributed by atoms with Crippen molar-refractivity contribution < 1.29 is 9.53 Å². The van der Waals surface area contributed by atoms with Gasteiger partial charge in [-0.1, -0.05) is 46.3 Å². The Morgan fingerprint density at radius 3 is 2.32 bits per heavy atom. The number of halogens is 1. The van der Waals surface area contributed by atoms with Crippen molar-refractivity contribution >= 4 is 21.8 Å². The Hall–Kier alpha value is -1.81. The number of hydrogen-bond donors (Lipinski definition) is 0. The fourth-order valence-electron chi connectivity index (χ4n) is 2.69. The maximum atomic E-state index is 12.4. The van der Waals surface area contributed by atoms with Crippen LogP contribution in [-0.4, -0.2) is 35.3 Å². The Morgan fingerprint density at radius 1 is 1.08 bits per heavy atom. The van der Waals surface area contributed by atoms with Crippen LogP contribution in [0.25, 0.3) is 0 Å². The van der Waals surface area contributed by atoms with Gasteiger partial charge in [-0.2, -0.15) is 0 Å². The second kappa shape index (κ2) is 9.62. The summed E-state index contributed by atoms with van der Waals surface area (Å²) in [5.74, 6) is 1.00. The normalized spacial score (nSPS) is 11.8. The summed E-state index contributed by atoms with van der Waals surface area (Å²) in [6.07, 6.45) is 0.903. The average molecular weight is 404 g/mol. The maximum Gasteiger partial charge on any atom is 0.253 e. The molecular formula is C21H26BrNO2. The lowest BCUT2D eigenvalue weighted by Gasteiger charge is -2.19. The molecule has 0 N–H and O–H groups in total. The van der Waals surface area contributed by atoms with Crippen molar-refractivity contribution in [1.29, 1.82) is 0 Å². The molecule has 0 bridgehead atoms. The van der Waals surface area contributed by atoms with E-state index in [1.165, 1.54) is 5.56 Å². The van der Waals surface area contributed by atoms with E-state index in [4.69, 9.17) is 4.74 Å². The molecule has 0 radical (unpaired) electrons. The van der Waals surface area contributed by atoms with E-state index in [1.54, 1.807) is 0 Å². The van der Waals surface area contributed by atoms with E-state index in [1.807, 2.05) is 68.1 Å². The van der Waals surface area contributed by atoms with Gasteiger partial charge in [0.1, 0.15) is 11.9 Å². The molecule has 3 nitrogen and oxygen atoms in total. The molecule has 0 fully saturated rings. The van der Waals surface area contributed by atoms with Gasteiger partial charge in [-0.3, -0.25) is 4.79 Å². The van der Waals surface area contributed by atoms with Crippen LogP contribution < -0.4 is 4.74 Å². The molecule has 2 rings (SSSR count). The lowest BCUT2D eigenvalue weighted by Crippen LogP contribution is -2.30. The van der Waals surface area contributed by atoms with Crippen molar-refractivity contribution in [1.82, 2.24) is 4.90 Å². The summed E-state index contributed by atoms with van der Waals surface area (Å²) in [4.78, 5) is 14.2. The number of ether oxygens (including phenoxy) is 1. The van der Waals surface area contributed by atoms with Gasteiger partial charge in [0.15, 0.2) is 0 Å². The van der Waals surface area contributed by atoms with Crippen molar-refractivity contribution in [3.63, 3.8) is 0 Å². The Labute approximate surface area is 159 Å². The van der Waals surface area contributed by atoms with E-state index in [-0.39, 0.29) is 12.0 Å². The first-order chi connectivity index (χ1) is 12.1. The molecule has 0 aliphatic heterocycles. The van der Waals surface area contributed by atoms with E-state index in [0.717, 1.165) is 41.7 Å². The molecule has 1 amide bonds. The minimum Gasteiger partial charge on any atom is -0.490 e. The molecule has 2 aromatic carbocycles. The molecule has 0 aliphatic rings. The van der Waals surface area contributed by atoms with E-state index < -0.39 is 0 Å². The molecule has 0 saturated carbocycles. The van der Waals surface area contributed by atoms with Crippen LogP contribution in [-0.2, 0) is 6.42 Å². The quantitative estimate of drug-likeness (QED) is 0.585. The summed E-state index contributed by atoms with van der Waals surface area (Å²) in [5.41, 5.74) is 3.06. The van der Waals surface area contributed by atoms with Crippen LogP contribution >= 0.6 is 15.9 Å². The van der Waals surface area contributed by atoms with Gasteiger partial charge in [0.05, 0.1) is 0 Å². The van der Waals surface area contributed by atoms with Crippen LogP contribution in [0.3, 0.4) is 0 Å². The topological polar surface area (TPSA) is 29.5 Å². The van der Waals surface area contributed by atoms with Crippen LogP contribution in [0, 0.1) is 0 Å². The second-order valence-corrected chi connectivity index (χ2v) is 6.69. The lowest BCUT2D eigenvalue weighted by atomic mass is 10.0. The Bertz CT molecular complexity index is 681. The number of nitrogens with zero attached hydrogens (tertiary/aromatic N) is 1. The fraction of sp³-hybridized carbons (Fsp3) is 0.381. The van der Waals surface area contributed by atoms with Gasteiger partial charge in [-0.25, -0.2) is 0 Å². The maximum absolute atomic E-state index is 12.4. The summed E-state index contributed by atoms with van der Waals surface area (Å²) in [5, 5.41) is 0.795. The fourth-order valence-corrected chi connectivity index (χ4v) is 2.82. The van der Waals surface area contributed by atoms with Crippen LogP contribution in [0.4, 0.5) is 0 Å². The van der Waals surface area contributed by atoms with Gasteiger partial charge in [-0.15, -0.1) is 0 Å². The van der Waals surface area contributed by atoms with E-state index in [9.17, 15) is 4.79 Å². The largest absolute Gasteiger partial charge is 0.490 e. The summed E-state index contributed by atoms with van der Waals surface area (Å²) in [6.45, 7) is 7.50. The highest BCUT2D eigenvalue weighted by Crippen LogP contribution is 2.23. The summed E-state index contributed by atoms with van der Waals surface area (Å²) in [7, 11) is 0.